The van der Waals surface area contributed by atoms with E-state index in [-0.39, 0.29) is 6.61 Å². The zero-order valence-corrected chi connectivity index (χ0v) is 11.7. The lowest BCUT2D eigenvalue weighted by molar-refractivity contribution is -0.336. The maximum atomic E-state index is 9.93. The van der Waals surface area contributed by atoms with Crippen molar-refractivity contribution in [3.63, 3.8) is 0 Å². The molecule has 2 rings (SSSR count). The summed E-state index contributed by atoms with van der Waals surface area (Å²) in [7, 11) is 0. The second-order valence-electron chi connectivity index (χ2n) is 5.41. The van der Waals surface area contributed by atoms with Crippen molar-refractivity contribution in [1.82, 2.24) is 0 Å². The summed E-state index contributed by atoms with van der Waals surface area (Å²) in [4.78, 5) is 0. The molecule has 0 bridgehead atoms. The van der Waals surface area contributed by atoms with E-state index in [4.69, 9.17) is 19.3 Å². The molecule has 7 N–H and O–H groups in total. The largest absolute Gasteiger partial charge is 0.394 e. The highest BCUT2D eigenvalue weighted by atomic mass is 16.7. The van der Waals surface area contributed by atoms with Crippen LogP contribution >= 0.6 is 0 Å². The van der Waals surface area contributed by atoms with Crippen molar-refractivity contribution in [3.05, 3.63) is 0 Å². The number of hydrogen-bond donors (Lipinski definition) is 7. The normalized spacial score (nSPS) is 50.0. The number of hydrogen-bond acceptors (Lipinski definition) is 10. The summed E-state index contributed by atoms with van der Waals surface area (Å²) in [6.45, 7) is -1.33. The zero-order chi connectivity index (χ0) is 16.4. The van der Waals surface area contributed by atoms with E-state index in [2.05, 4.69) is 0 Å². The van der Waals surface area contributed by atoms with Crippen molar-refractivity contribution in [2.45, 2.75) is 55.1 Å². The standard InChI is InChI=1S/C12H22O10/c13-1-5-8(17)9(18)10(19)12(21-5)22-11-6(2-14)20-3-4(15)7(11)16/h4-19H,1-3H2/t4-,5+,6+,7+,8+,9-,10+,11+,12?/m0/s1. The van der Waals surface area contributed by atoms with Crippen LogP contribution in [0.2, 0.25) is 0 Å². The molecule has 1 unspecified atom stereocenters. The average Bonchev–Trinajstić information content (AvgIpc) is 2.52. The molecule has 2 fully saturated rings. The van der Waals surface area contributed by atoms with Crippen LogP contribution in [0.1, 0.15) is 0 Å². The Morgan fingerprint density at radius 3 is 2.05 bits per heavy atom. The van der Waals surface area contributed by atoms with Gasteiger partial charge in [-0.2, -0.15) is 0 Å². The molecule has 0 saturated carbocycles. The Hall–Kier alpha value is -0.400. The lowest BCUT2D eigenvalue weighted by Crippen LogP contribution is -2.63. The van der Waals surface area contributed by atoms with Crippen LogP contribution in [0, 0.1) is 0 Å². The Bertz CT molecular complexity index is 351. The van der Waals surface area contributed by atoms with Crippen LogP contribution in [0.15, 0.2) is 0 Å². The van der Waals surface area contributed by atoms with E-state index >= 15 is 0 Å². The van der Waals surface area contributed by atoms with Crippen LogP contribution in [0.3, 0.4) is 0 Å². The third-order valence-electron chi connectivity index (χ3n) is 3.90. The van der Waals surface area contributed by atoms with E-state index in [1.54, 1.807) is 0 Å². The Morgan fingerprint density at radius 1 is 0.818 bits per heavy atom. The molecule has 10 nitrogen and oxygen atoms in total. The monoisotopic (exact) mass is 326 g/mol. The molecule has 2 aliphatic heterocycles. The van der Waals surface area contributed by atoms with Gasteiger partial charge in [-0.05, 0) is 0 Å². The van der Waals surface area contributed by atoms with Gasteiger partial charge in [0, 0.05) is 0 Å². The van der Waals surface area contributed by atoms with Crippen LogP contribution in [-0.2, 0) is 14.2 Å². The van der Waals surface area contributed by atoms with Gasteiger partial charge in [0.05, 0.1) is 19.8 Å². The molecule has 2 heterocycles. The number of rotatable bonds is 4. The highest BCUT2D eigenvalue weighted by Gasteiger charge is 2.48. The Kier molecular flexibility index (Phi) is 6.07. The fourth-order valence-corrected chi connectivity index (χ4v) is 2.51. The summed E-state index contributed by atoms with van der Waals surface area (Å²) in [6.07, 6.45) is -12.3. The smallest absolute Gasteiger partial charge is 0.187 e. The third-order valence-corrected chi connectivity index (χ3v) is 3.90. The van der Waals surface area contributed by atoms with Gasteiger partial charge in [-0.15, -0.1) is 0 Å². The highest BCUT2D eigenvalue weighted by molar-refractivity contribution is 4.92. The van der Waals surface area contributed by atoms with Gasteiger partial charge in [-0.1, -0.05) is 0 Å². The van der Waals surface area contributed by atoms with Crippen molar-refractivity contribution >= 4 is 0 Å². The molecule has 0 aliphatic carbocycles. The van der Waals surface area contributed by atoms with E-state index < -0.39 is 68.3 Å². The molecule has 9 atom stereocenters. The predicted octanol–water partition coefficient (Wildman–Crippen LogP) is -4.72. The van der Waals surface area contributed by atoms with Crippen molar-refractivity contribution in [1.29, 1.82) is 0 Å². The fourth-order valence-electron chi connectivity index (χ4n) is 2.51. The first kappa shape index (κ1) is 17.9. The SMILES string of the molecule is OC[C@H]1OC(O[C@H]2[C@H](O)[C@@H](O)CO[C@@H]2CO)[C@H](O)[C@@H](O)[C@@H]1O. The number of aliphatic hydroxyl groups excluding tert-OH is 7. The maximum Gasteiger partial charge on any atom is 0.187 e. The summed E-state index contributed by atoms with van der Waals surface area (Å²) in [5.41, 5.74) is 0. The average molecular weight is 326 g/mol. The number of aliphatic hydroxyl groups is 7. The van der Waals surface area contributed by atoms with Gasteiger partial charge in [0.25, 0.3) is 0 Å². The molecule has 0 radical (unpaired) electrons. The van der Waals surface area contributed by atoms with E-state index in [1.165, 1.54) is 0 Å². The fraction of sp³-hybridized carbons (Fsp3) is 1.00. The molecule has 2 aliphatic rings. The first-order valence-corrected chi connectivity index (χ1v) is 6.95. The van der Waals surface area contributed by atoms with E-state index in [1.807, 2.05) is 0 Å². The molecular formula is C12H22O10. The van der Waals surface area contributed by atoms with E-state index in [0.29, 0.717) is 0 Å². The first-order chi connectivity index (χ1) is 10.4. The second-order valence-corrected chi connectivity index (χ2v) is 5.41. The molecule has 0 aromatic rings. The van der Waals surface area contributed by atoms with Crippen LogP contribution < -0.4 is 0 Å². The lowest BCUT2D eigenvalue weighted by atomic mass is 9.97. The topological polar surface area (TPSA) is 169 Å². The molecule has 0 amide bonds. The molecular weight excluding hydrogens is 304 g/mol. The maximum absolute atomic E-state index is 9.93. The second kappa shape index (κ2) is 7.45. The van der Waals surface area contributed by atoms with Gasteiger partial charge < -0.3 is 50.0 Å². The van der Waals surface area contributed by atoms with Crippen molar-refractivity contribution in [2.75, 3.05) is 19.8 Å². The van der Waals surface area contributed by atoms with Crippen molar-refractivity contribution in [2.24, 2.45) is 0 Å². The van der Waals surface area contributed by atoms with Crippen LogP contribution in [0.4, 0.5) is 0 Å². The molecule has 130 valence electrons. The molecule has 10 heteroatoms. The summed E-state index contributed by atoms with van der Waals surface area (Å²) in [5, 5.41) is 67.0. The molecule has 0 spiro atoms. The van der Waals surface area contributed by atoms with Crippen LogP contribution in [-0.4, -0.2) is 111 Å². The molecule has 0 aromatic heterocycles. The van der Waals surface area contributed by atoms with Gasteiger partial charge in [-0.3, -0.25) is 0 Å². The van der Waals surface area contributed by atoms with E-state index in [0.717, 1.165) is 0 Å². The molecule has 0 aromatic carbocycles. The van der Waals surface area contributed by atoms with Gasteiger partial charge >= 0.3 is 0 Å². The van der Waals surface area contributed by atoms with Gasteiger partial charge in [0.15, 0.2) is 6.29 Å². The Labute approximate surface area is 126 Å². The van der Waals surface area contributed by atoms with Crippen LogP contribution in [0.5, 0.6) is 0 Å². The van der Waals surface area contributed by atoms with Gasteiger partial charge in [-0.25, -0.2) is 0 Å². The minimum atomic E-state index is -1.65. The van der Waals surface area contributed by atoms with Gasteiger partial charge in [0.2, 0.25) is 0 Å². The van der Waals surface area contributed by atoms with E-state index in [9.17, 15) is 30.6 Å². The summed E-state index contributed by atoms with van der Waals surface area (Å²) >= 11 is 0. The minimum absolute atomic E-state index is 0.194. The van der Waals surface area contributed by atoms with Crippen molar-refractivity contribution < 1.29 is 50.0 Å². The van der Waals surface area contributed by atoms with Gasteiger partial charge in [0.1, 0.15) is 48.8 Å². The van der Waals surface area contributed by atoms with Crippen LogP contribution in [0.25, 0.3) is 0 Å². The number of ether oxygens (including phenoxy) is 3. The molecule has 2 saturated heterocycles. The molecule has 22 heavy (non-hydrogen) atoms. The first-order valence-electron chi connectivity index (χ1n) is 6.95. The predicted molar refractivity (Wildman–Crippen MR) is 67.5 cm³/mol. The lowest BCUT2D eigenvalue weighted by Gasteiger charge is -2.44. The third kappa shape index (κ3) is 3.41. The highest BCUT2D eigenvalue weighted by Crippen LogP contribution is 2.27. The summed E-state index contributed by atoms with van der Waals surface area (Å²) < 4.78 is 15.6. The van der Waals surface area contributed by atoms with Crippen molar-refractivity contribution in [3.8, 4) is 0 Å². The summed E-state index contributed by atoms with van der Waals surface area (Å²) in [6, 6.07) is 0. The Morgan fingerprint density at radius 2 is 1.45 bits per heavy atom. The Balaban J connectivity index is 2.09. The minimum Gasteiger partial charge on any atom is -0.394 e. The quantitative estimate of drug-likeness (QED) is 0.266. The zero-order valence-electron chi connectivity index (χ0n) is 11.7. The summed E-state index contributed by atoms with van der Waals surface area (Å²) in [5.74, 6) is 0.